The fourth-order valence-corrected chi connectivity index (χ4v) is 4.37. The number of hydrogen-bond donors (Lipinski definition) is 1. The van der Waals surface area contributed by atoms with Crippen LogP contribution in [0.4, 0.5) is 0 Å². The van der Waals surface area contributed by atoms with Gasteiger partial charge >= 0.3 is 0 Å². The highest BCUT2D eigenvalue weighted by atomic mass is 16.2. The molecule has 0 bridgehead atoms. The fourth-order valence-electron chi connectivity index (χ4n) is 4.37. The molecule has 1 saturated carbocycles. The van der Waals surface area contributed by atoms with Crippen molar-refractivity contribution in [2.75, 3.05) is 19.6 Å². The van der Waals surface area contributed by atoms with E-state index in [4.69, 9.17) is 0 Å². The zero-order valence-corrected chi connectivity index (χ0v) is 12.1. The van der Waals surface area contributed by atoms with E-state index in [1.54, 1.807) is 0 Å². The Balaban J connectivity index is 1.62. The van der Waals surface area contributed by atoms with Crippen LogP contribution in [0.15, 0.2) is 0 Å². The topological polar surface area (TPSA) is 32.3 Å². The second-order valence-corrected chi connectivity index (χ2v) is 6.68. The molecule has 1 amide bonds. The summed E-state index contributed by atoms with van der Waals surface area (Å²) in [6, 6.07) is 0.578. The van der Waals surface area contributed by atoms with Crippen molar-refractivity contribution in [2.45, 2.75) is 63.8 Å². The lowest BCUT2D eigenvalue weighted by Crippen LogP contribution is -2.47. The largest absolute Gasteiger partial charge is 0.339 e. The number of carbonyl (C=O) groups excluding carboxylic acids is 1. The molecule has 2 heterocycles. The van der Waals surface area contributed by atoms with Crippen LogP contribution in [0.25, 0.3) is 0 Å². The highest BCUT2D eigenvalue weighted by molar-refractivity contribution is 5.79. The molecule has 3 nitrogen and oxygen atoms in total. The van der Waals surface area contributed by atoms with E-state index in [0.717, 1.165) is 32.0 Å². The lowest BCUT2D eigenvalue weighted by Gasteiger charge is -2.36. The zero-order chi connectivity index (χ0) is 13.1. The van der Waals surface area contributed by atoms with Crippen LogP contribution in [0, 0.1) is 11.8 Å². The number of likely N-dealkylation sites (tertiary alicyclic amines) is 1. The number of piperidine rings is 1. The van der Waals surface area contributed by atoms with E-state index in [0.29, 0.717) is 11.9 Å². The molecule has 3 aliphatic rings. The van der Waals surface area contributed by atoms with Crippen molar-refractivity contribution in [1.82, 2.24) is 10.2 Å². The highest BCUT2D eigenvalue weighted by Gasteiger charge is 2.37. The van der Waals surface area contributed by atoms with Crippen LogP contribution in [0.1, 0.15) is 57.8 Å². The average Bonchev–Trinajstić information content (AvgIpc) is 2.98. The molecule has 2 atom stereocenters. The Morgan fingerprint density at radius 2 is 1.79 bits per heavy atom. The Bertz CT molecular complexity index is 306. The first-order valence-corrected chi connectivity index (χ1v) is 8.37. The summed E-state index contributed by atoms with van der Waals surface area (Å²) in [6.45, 7) is 3.03. The minimum absolute atomic E-state index is 0.262. The lowest BCUT2D eigenvalue weighted by atomic mass is 9.82. The van der Waals surface area contributed by atoms with Gasteiger partial charge in [0.1, 0.15) is 0 Å². The minimum atomic E-state index is 0.262. The van der Waals surface area contributed by atoms with Crippen molar-refractivity contribution in [1.29, 1.82) is 0 Å². The molecule has 0 aromatic heterocycles. The van der Waals surface area contributed by atoms with Crippen molar-refractivity contribution in [3.05, 3.63) is 0 Å². The first-order chi connectivity index (χ1) is 9.36. The van der Waals surface area contributed by atoms with Crippen molar-refractivity contribution >= 4 is 5.91 Å². The van der Waals surface area contributed by atoms with E-state index in [-0.39, 0.29) is 5.92 Å². The third-order valence-corrected chi connectivity index (χ3v) is 5.42. The van der Waals surface area contributed by atoms with Gasteiger partial charge in [0.15, 0.2) is 0 Å². The number of hydrogen-bond acceptors (Lipinski definition) is 2. The molecule has 1 aliphatic carbocycles. The predicted molar refractivity (Wildman–Crippen MR) is 76.9 cm³/mol. The van der Waals surface area contributed by atoms with Crippen molar-refractivity contribution in [2.24, 2.45) is 11.8 Å². The van der Waals surface area contributed by atoms with Crippen LogP contribution < -0.4 is 5.32 Å². The first-order valence-electron chi connectivity index (χ1n) is 8.37. The van der Waals surface area contributed by atoms with Crippen LogP contribution in [0.5, 0.6) is 0 Å². The van der Waals surface area contributed by atoms with Gasteiger partial charge in [-0.1, -0.05) is 19.3 Å². The van der Waals surface area contributed by atoms with E-state index in [9.17, 15) is 4.79 Å². The zero-order valence-electron chi connectivity index (χ0n) is 12.1. The summed E-state index contributed by atoms with van der Waals surface area (Å²) in [5.41, 5.74) is 0. The van der Waals surface area contributed by atoms with Gasteiger partial charge in [-0.25, -0.2) is 0 Å². The number of nitrogens with one attached hydrogen (secondary N) is 1. The fraction of sp³-hybridized carbons (Fsp3) is 0.938. The standard InChI is InChI=1S/C16H28N2O/c19-16(14-8-4-10-17-12-14)18-11-5-9-15(18)13-6-2-1-3-7-13/h13-15,17H,1-12H2. The summed E-state index contributed by atoms with van der Waals surface area (Å²) in [5, 5.41) is 3.39. The van der Waals surface area contributed by atoms with Crippen LogP contribution in [0.3, 0.4) is 0 Å². The molecule has 3 heteroatoms. The maximum Gasteiger partial charge on any atom is 0.227 e. The third kappa shape index (κ3) is 2.96. The van der Waals surface area contributed by atoms with Gasteiger partial charge in [-0.2, -0.15) is 0 Å². The maximum atomic E-state index is 12.7. The molecule has 108 valence electrons. The van der Waals surface area contributed by atoms with Crippen LogP contribution >= 0.6 is 0 Å². The Hall–Kier alpha value is -0.570. The molecule has 0 spiro atoms. The molecule has 2 saturated heterocycles. The Kier molecular flexibility index (Phi) is 4.42. The monoisotopic (exact) mass is 264 g/mol. The first kappa shape index (κ1) is 13.4. The van der Waals surface area contributed by atoms with Gasteiger partial charge in [0.2, 0.25) is 5.91 Å². The summed E-state index contributed by atoms with van der Waals surface area (Å²) >= 11 is 0. The number of rotatable bonds is 2. The Morgan fingerprint density at radius 1 is 0.947 bits per heavy atom. The van der Waals surface area contributed by atoms with Crippen LogP contribution in [0.2, 0.25) is 0 Å². The Morgan fingerprint density at radius 3 is 2.53 bits per heavy atom. The SMILES string of the molecule is O=C(C1CCCNC1)N1CCCC1C1CCCCC1. The Labute approximate surface area is 117 Å². The molecule has 19 heavy (non-hydrogen) atoms. The van der Waals surface area contributed by atoms with Crippen LogP contribution in [-0.4, -0.2) is 36.5 Å². The summed E-state index contributed by atoms with van der Waals surface area (Å²) in [4.78, 5) is 15.0. The van der Waals surface area contributed by atoms with E-state index in [2.05, 4.69) is 10.2 Å². The molecule has 2 unspecified atom stereocenters. The molecule has 0 aromatic carbocycles. The highest BCUT2D eigenvalue weighted by Crippen LogP contribution is 2.35. The molecule has 3 rings (SSSR count). The maximum absolute atomic E-state index is 12.7. The van der Waals surface area contributed by atoms with Crippen molar-refractivity contribution in [3.63, 3.8) is 0 Å². The van der Waals surface area contributed by atoms with Gasteiger partial charge in [0.25, 0.3) is 0 Å². The molecular weight excluding hydrogens is 236 g/mol. The van der Waals surface area contributed by atoms with E-state index >= 15 is 0 Å². The number of amides is 1. The normalized spacial score (nSPS) is 33.6. The summed E-state index contributed by atoms with van der Waals surface area (Å²) in [5.74, 6) is 1.52. The van der Waals surface area contributed by atoms with Crippen molar-refractivity contribution < 1.29 is 4.79 Å². The minimum Gasteiger partial charge on any atom is -0.339 e. The van der Waals surface area contributed by atoms with Gasteiger partial charge in [0, 0.05) is 19.1 Å². The quantitative estimate of drug-likeness (QED) is 0.831. The lowest BCUT2D eigenvalue weighted by molar-refractivity contribution is -0.138. The predicted octanol–water partition coefficient (Wildman–Crippen LogP) is 2.56. The molecule has 0 aromatic rings. The van der Waals surface area contributed by atoms with Gasteiger partial charge in [0.05, 0.1) is 5.92 Å². The third-order valence-electron chi connectivity index (χ3n) is 5.42. The summed E-state index contributed by atoms with van der Waals surface area (Å²) in [6.07, 6.45) is 11.6. The second kappa shape index (κ2) is 6.25. The molecule has 3 fully saturated rings. The van der Waals surface area contributed by atoms with Crippen molar-refractivity contribution in [3.8, 4) is 0 Å². The van der Waals surface area contributed by atoms with Gasteiger partial charge in [-0.15, -0.1) is 0 Å². The van der Waals surface area contributed by atoms with E-state index in [1.807, 2.05) is 0 Å². The average molecular weight is 264 g/mol. The van der Waals surface area contributed by atoms with Crippen LogP contribution in [-0.2, 0) is 4.79 Å². The molecule has 2 aliphatic heterocycles. The number of nitrogens with zero attached hydrogens (tertiary/aromatic N) is 1. The molecule has 1 N–H and O–H groups in total. The second-order valence-electron chi connectivity index (χ2n) is 6.68. The molecule has 0 radical (unpaired) electrons. The smallest absolute Gasteiger partial charge is 0.227 e. The van der Waals surface area contributed by atoms with E-state index in [1.165, 1.54) is 51.4 Å². The summed E-state index contributed by atoms with van der Waals surface area (Å²) < 4.78 is 0. The van der Waals surface area contributed by atoms with Gasteiger partial charge in [-0.3, -0.25) is 4.79 Å². The summed E-state index contributed by atoms with van der Waals surface area (Å²) in [7, 11) is 0. The number of carbonyl (C=O) groups is 1. The van der Waals surface area contributed by atoms with Gasteiger partial charge in [-0.05, 0) is 51.0 Å². The van der Waals surface area contributed by atoms with E-state index < -0.39 is 0 Å². The molecular formula is C16H28N2O. The van der Waals surface area contributed by atoms with Gasteiger partial charge < -0.3 is 10.2 Å².